The van der Waals surface area contributed by atoms with Crippen LogP contribution in [0.4, 0.5) is 35.1 Å². The molecule has 0 aliphatic carbocycles. The first-order valence-electron chi connectivity index (χ1n) is 6.49. The van der Waals surface area contributed by atoms with Crippen molar-refractivity contribution in [1.82, 2.24) is 0 Å². The highest BCUT2D eigenvalue weighted by molar-refractivity contribution is 7.92. The van der Waals surface area contributed by atoms with Crippen molar-refractivity contribution in [3.05, 3.63) is 24.3 Å². The van der Waals surface area contributed by atoms with E-state index >= 15 is 0 Å². The Hall–Kier alpha value is -1.53. The van der Waals surface area contributed by atoms with Gasteiger partial charge in [0, 0.05) is 6.26 Å². The largest absolute Gasteiger partial charge is 0.438 e. The van der Waals surface area contributed by atoms with Crippen molar-refractivity contribution in [1.29, 1.82) is 0 Å². The number of hydrogen-bond acceptors (Lipinski definition) is 6. The van der Waals surface area contributed by atoms with Gasteiger partial charge in [0.25, 0.3) is 0 Å². The Morgan fingerprint density at radius 3 is 1.28 bits per heavy atom. The predicted octanol–water partition coefficient (Wildman–Crippen LogP) is 2.21. The van der Waals surface area contributed by atoms with Crippen LogP contribution in [-0.4, -0.2) is 58.4 Å². The van der Waals surface area contributed by atoms with Gasteiger partial charge in [0.1, 0.15) is 0 Å². The summed E-state index contributed by atoms with van der Waals surface area (Å²) in [5, 5.41) is -14.2. The first kappa shape index (κ1) is 25.5. The van der Waals surface area contributed by atoms with Gasteiger partial charge in [-0.3, -0.25) is 4.55 Å². The van der Waals surface area contributed by atoms with Crippen molar-refractivity contribution < 1.29 is 64.9 Å². The van der Waals surface area contributed by atoms with Gasteiger partial charge in [-0.2, -0.15) is 43.5 Å². The predicted molar refractivity (Wildman–Crippen MR) is 78.1 cm³/mol. The van der Waals surface area contributed by atoms with Crippen LogP contribution in [0, 0.1) is 0 Å². The number of hydrogen-bond donors (Lipinski definition) is 1. The van der Waals surface area contributed by atoms with E-state index in [0.29, 0.717) is 18.4 Å². The summed E-state index contributed by atoms with van der Waals surface area (Å²) in [5.41, 5.74) is 0. The van der Waals surface area contributed by atoms with Gasteiger partial charge in [0.15, 0.2) is 9.84 Å². The van der Waals surface area contributed by atoms with Crippen molar-refractivity contribution in [2.75, 3.05) is 6.26 Å². The summed E-state index contributed by atoms with van der Waals surface area (Å²) in [7, 11) is -18.3. The molecule has 0 aliphatic heterocycles. The smallest absolute Gasteiger partial charge is 0.281 e. The normalized spacial score (nSPS) is 15.4. The van der Waals surface area contributed by atoms with Gasteiger partial charge in [-0.05, 0) is 24.3 Å². The summed E-state index contributed by atoms with van der Waals surface area (Å²) in [5.74, 6) is -15.2. The van der Waals surface area contributed by atoms with Gasteiger partial charge in [0.2, 0.25) is 9.84 Å². The van der Waals surface area contributed by atoms with Crippen LogP contribution >= 0.6 is 0 Å². The molecular weight excluding hydrogens is 492 g/mol. The lowest BCUT2D eigenvalue weighted by molar-refractivity contribution is -0.326. The molecule has 0 aromatic heterocycles. The van der Waals surface area contributed by atoms with Crippen molar-refractivity contribution in [2.45, 2.75) is 32.1 Å². The Bertz CT molecular complexity index is 1110. The second kappa shape index (κ2) is 6.74. The Morgan fingerprint density at radius 2 is 0.966 bits per heavy atom. The van der Waals surface area contributed by atoms with Crippen LogP contribution in [0.5, 0.6) is 0 Å². The van der Waals surface area contributed by atoms with E-state index in [2.05, 4.69) is 0 Å². The van der Waals surface area contributed by atoms with Crippen LogP contribution in [0.25, 0.3) is 0 Å². The summed E-state index contributed by atoms with van der Waals surface area (Å²) in [6, 6.07) is 0.631. The monoisotopic (exact) mass is 500 g/mol. The second-order valence-corrected chi connectivity index (χ2v) is 10.9. The fourth-order valence-corrected chi connectivity index (χ4v) is 4.05. The van der Waals surface area contributed by atoms with E-state index in [1.165, 1.54) is 0 Å². The van der Waals surface area contributed by atoms with E-state index in [1.807, 2.05) is 0 Å². The van der Waals surface area contributed by atoms with E-state index in [-0.39, 0.29) is 12.1 Å². The van der Waals surface area contributed by atoms with E-state index in [9.17, 15) is 60.4 Å². The molecule has 0 fully saturated rings. The summed E-state index contributed by atoms with van der Waals surface area (Å²) in [4.78, 5) is -2.57. The first-order chi connectivity index (χ1) is 12.5. The van der Waals surface area contributed by atoms with E-state index in [1.54, 1.807) is 0 Å². The van der Waals surface area contributed by atoms with Crippen molar-refractivity contribution in [3.8, 4) is 0 Å². The molecule has 1 aromatic rings. The van der Waals surface area contributed by atoms with Gasteiger partial charge in [0.05, 0.1) is 9.79 Å². The van der Waals surface area contributed by atoms with Gasteiger partial charge >= 0.3 is 32.5 Å². The quantitative estimate of drug-likeness (QED) is 0.450. The molecule has 18 heteroatoms. The average molecular weight is 500 g/mol. The van der Waals surface area contributed by atoms with Crippen LogP contribution in [0.15, 0.2) is 34.1 Å². The SMILES string of the molecule is CS(=O)(=O)c1ccc(S(=O)(=O)C(F)(F)C(F)(F)C(F)(F)C(F)(F)S(=O)(=O)O)cc1. The lowest BCUT2D eigenvalue weighted by Gasteiger charge is -2.34. The number of rotatable bonds is 7. The second-order valence-electron chi connectivity index (χ2n) is 5.40. The maximum Gasteiger partial charge on any atom is 0.438 e. The van der Waals surface area contributed by atoms with Gasteiger partial charge in [-0.1, -0.05) is 0 Å². The Kier molecular flexibility index (Phi) is 5.93. The summed E-state index contributed by atoms with van der Waals surface area (Å²) < 4.78 is 182. The number of alkyl halides is 8. The van der Waals surface area contributed by atoms with Crippen LogP contribution < -0.4 is 0 Å². The highest BCUT2D eigenvalue weighted by Gasteiger charge is 2.87. The molecule has 0 unspecified atom stereocenters. The summed E-state index contributed by atoms with van der Waals surface area (Å²) in [6.07, 6.45) is 0.581. The van der Waals surface area contributed by atoms with Gasteiger partial charge < -0.3 is 0 Å². The Labute approximate surface area is 157 Å². The molecule has 0 radical (unpaired) electrons. The third-order valence-electron chi connectivity index (χ3n) is 3.35. The number of benzene rings is 1. The van der Waals surface area contributed by atoms with Gasteiger partial charge in [-0.25, -0.2) is 16.8 Å². The Balaban J connectivity index is 3.67. The minimum Gasteiger partial charge on any atom is -0.281 e. The van der Waals surface area contributed by atoms with Crippen LogP contribution in [0.2, 0.25) is 0 Å². The molecular formula is C11H8F8O7S3. The van der Waals surface area contributed by atoms with E-state index in [0.717, 1.165) is 0 Å². The fraction of sp³-hybridized carbons (Fsp3) is 0.455. The third kappa shape index (κ3) is 3.70. The summed E-state index contributed by atoms with van der Waals surface area (Å²) in [6.45, 7) is 0. The molecule has 0 bridgehead atoms. The van der Waals surface area contributed by atoms with Crippen molar-refractivity contribution in [3.63, 3.8) is 0 Å². The zero-order valence-corrected chi connectivity index (χ0v) is 15.9. The molecule has 0 saturated heterocycles. The zero-order chi connectivity index (χ0) is 23.5. The fourth-order valence-electron chi connectivity index (χ4n) is 1.71. The van der Waals surface area contributed by atoms with E-state index < -0.39 is 61.9 Å². The lowest BCUT2D eigenvalue weighted by Crippen LogP contribution is -2.66. The molecule has 168 valence electrons. The minimum absolute atomic E-state index is 0.00518. The topological polar surface area (TPSA) is 123 Å². The molecule has 1 rings (SSSR count). The highest BCUT2D eigenvalue weighted by Crippen LogP contribution is 2.56. The molecule has 0 spiro atoms. The zero-order valence-electron chi connectivity index (χ0n) is 13.5. The number of sulfone groups is 2. The van der Waals surface area contributed by atoms with E-state index in [4.69, 9.17) is 4.55 Å². The molecule has 0 heterocycles. The van der Waals surface area contributed by atoms with Crippen molar-refractivity contribution >= 4 is 29.8 Å². The maximum absolute atomic E-state index is 13.9. The molecule has 1 aromatic carbocycles. The van der Waals surface area contributed by atoms with Gasteiger partial charge in [-0.15, -0.1) is 0 Å². The third-order valence-corrected chi connectivity index (χ3v) is 7.21. The van der Waals surface area contributed by atoms with Crippen molar-refractivity contribution in [2.24, 2.45) is 0 Å². The molecule has 1 N–H and O–H groups in total. The standard InChI is InChI=1S/C11H8F8O7S3/c1-27(20,21)6-2-4-7(5-3-6)28(22,23)10(16,17)8(12,13)9(14,15)11(18,19)29(24,25)26/h2-5H,1H3,(H,24,25,26). The molecule has 0 aliphatic rings. The summed E-state index contributed by atoms with van der Waals surface area (Å²) >= 11 is 0. The highest BCUT2D eigenvalue weighted by atomic mass is 32.2. The van der Waals surface area contributed by atoms with Crippen LogP contribution in [-0.2, 0) is 29.8 Å². The van der Waals surface area contributed by atoms with Crippen LogP contribution in [0.1, 0.15) is 0 Å². The van der Waals surface area contributed by atoms with Crippen LogP contribution in [0.3, 0.4) is 0 Å². The molecule has 7 nitrogen and oxygen atoms in total. The lowest BCUT2D eigenvalue weighted by atomic mass is 10.2. The molecule has 0 atom stereocenters. The molecule has 0 saturated carbocycles. The first-order valence-corrected chi connectivity index (χ1v) is 11.3. The average Bonchev–Trinajstić information content (AvgIpc) is 2.52. The number of halogens is 8. The molecule has 0 amide bonds. The maximum atomic E-state index is 13.9. The molecule has 29 heavy (non-hydrogen) atoms. The minimum atomic E-state index is -7.60. The Morgan fingerprint density at radius 1 is 0.655 bits per heavy atom.